The van der Waals surface area contributed by atoms with Crippen molar-refractivity contribution in [2.75, 3.05) is 14.2 Å². The van der Waals surface area contributed by atoms with Crippen LogP contribution in [0.3, 0.4) is 0 Å². The zero-order valence-corrected chi connectivity index (χ0v) is 18.4. The van der Waals surface area contributed by atoms with Gasteiger partial charge in [-0.3, -0.25) is 4.79 Å². The molecule has 3 rings (SSSR count). The summed E-state index contributed by atoms with van der Waals surface area (Å²) in [5.74, 6) is 0.536. The van der Waals surface area contributed by atoms with Crippen molar-refractivity contribution in [2.45, 2.75) is 0 Å². The van der Waals surface area contributed by atoms with Crippen LogP contribution in [-0.2, 0) is 0 Å². The summed E-state index contributed by atoms with van der Waals surface area (Å²) in [5, 5.41) is 3.95. The van der Waals surface area contributed by atoms with Gasteiger partial charge in [0.05, 0.1) is 26.0 Å². The molecule has 31 heavy (non-hydrogen) atoms. The lowest BCUT2D eigenvalue weighted by Gasteiger charge is -2.08. The Morgan fingerprint density at radius 1 is 0.903 bits per heavy atom. The zero-order chi connectivity index (χ0) is 22.2. The molecule has 0 radical (unpaired) electrons. The van der Waals surface area contributed by atoms with E-state index >= 15 is 0 Å². The van der Waals surface area contributed by atoms with Gasteiger partial charge < -0.3 is 14.2 Å². The fourth-order valence-electron chi connectivity index (χ4n) is 2.61. The van der Waals surface area contributed by atoms with Gasteiger partial charge in [0.2, 0.25) is 0 Å². The van der Waals surface area contributed by atoms with Gasteiger partial charge >= 0.3 is 5.97 Å². The summed E-state index contributed by atoms with van der Waals surface area (Å²) in [7, 11) is 3.02. The third-order valence-corrected chi connectivity index (χ3v) is 4.67. The number of carbonyl (C=O) groups is 2. The number of hydrogen-bond donors (Lipinski definition) is 1. The number of ether oxygens (including phenoxy) is 3. The van der Waals surface area contributed by atoms with E-state index in [-0.39, 0.29) is 0 Å². The van der Waals surface area contributed by atoms with Crippen LogP contribution < -0.4 is 19.6 Å². The number of benzene rings is 3. The molecular weight excluding hydrogens is 464 g/mol. The van der Waals surface area contributed by atoms with Crippen molar-refractivity contribution < 1.29 is 23.8 Å². The monoisotopic (exact) mass is 482 g/mol. The van der Waals surface area contributed by atoms with Gasteiger partial charge in [0.25, 0.3) is 5.91 Å². The highest BCUT2D eigenvalue weighted by Gasteiger charge is 2.10. The minimum absolute atomic E-state index is 0.379. The van der Waals surface area contributed by atoms with E-state index in [1.54, 1.807) is 60.7 Å². The van der Waals surface area contributed by atoms with Gasteiger partial charge in [-0.2, -0.15) is 5.10 Å². The number of nitrogens with one attached hydrogen (secondary N) is 1. The molecular formula is C23H19BrN2O5. The molecule has 0 atom stereocenters. The first kappa shape index (κ1) is 22.0. The summed E-state index contributed by atoms with van der Waals surface area (Å²) >= 11 is 3.32. The molecule has 0 spiro atoms. The number of methoxy groups -OCH3 is 2. The third-order valence-electron chi connectivity index (χ3n) is 4.18. The number of esters is 1. The van der Waals surface area contributed by atoms with Crippen LogP contribution in [0, 0.1) is 0 Å². The normalized spacial score (nSPS) is 10.5. The van der Waals surface area contributed by atoms with Gasteiger partial charge in [-0.05, 0) is 66.2 Å². The van der Waals surface area contributed by atoms with E-state index in [1.165, 1.54) is 20.4 Å². The second-order valence-corrected chi connectivity index (χ2v) is 7.15. The Kier molecular flexibility index (Phi) is 7.40. The number of rotatable bonds is 7. The molecule has 7 nitrogen and oxygen atoms in total. The molecule has 0 aliphatic carbocycles. The molecule has 0 aliphatic rings. The van der Waals surface area contributed by atoms with Crippen molar-refractivity contribution in [1.82, 2.24) is 5.43 Å². The molecule has 0 unspecified atom stereocenters. The van der Waals surface area contributed by atoms with Crippen molar-refractivity contribution in [3.63, 3.8) is 0 Å². The second kappa shape index (κ2) is 10.4. The van der Waals surface area contributed by atoms with Gasteiger partial charge in [-0.1, -0.05) is 22.0 Å². The van der Waals surface area contributed by atoms with Gasteiger partial charge in [-0.15, -0.1) is 0 Å². The molecule has 0 heterocycles. The van der Waals surface area contributed by atoms with Crippen molar-refractivity contribution in [2.24, 2.45) is 5.10 Å². The van der Waals surface area contributed by atoms with Crippen LogP contribution in [0.4, 0.5) is 0 Å². The Morgan fingerprint density at radius 2 is 1.65 bits per heavy atom. The van der Waals surface area contributed by atoms with Crippen LogP contribution in [0.25, 0.3) is 0 Å². The van der Waals surface area contributed by atoms with E-state index in [1.807, 2.05) is 6.07 Å². The minimum Gasteiger partial charge on any atom is -0.493 e. The standard InChI is InChI=1S/C23H19BrN2O5/c1-29-20-11-8-16(13-21(20)30-2)22(27)26-25-14-15-6-9-19(10-7-15)31-23(28)17-4-3-5-18(24)12-17/h3-14H,1-2H3,(H,26,27)/b25-14-. The Balaban J connectivity index is 1.58. The highest BCUT2D eigenvalue weighted by Crippen LogP contribution is 2.27. The van der Waals surface area contributed by atoms with Crippen molar-refractivity contribution in [3.8, 4) is 17.2 Å². The van der Waals surface area contributed by atoms with Gasteiger partial charge in [0.15, 0.2) is 11.5 Å². The number of hydrogen-bond acceptors (Lipinski definition) is 6. The lowest BCUT2D eigenvalue weighted by molar-refractivity contribution is 0.0734. The van der Waals surface area contributed by atoms with E-state index in [0.717, 1.165) is 10.0 Å². The highest BCUT2D eigenvalue weighted by atomic mass is 79.9. The van der Waals surface area contributed by atoms with Gasteiger partial charge in [-0.25, -0.2) is 10.2 Å². The molecule has 1 amide bonds. The Hall–Kier alpha value is -3.65. The lowest BCUT2D eigenvalue weighted by atomic mass is 10.2. The topological polar surface area (TPSA) is 86.2 Å². The second-order valence-electron chi connectivity index (χ2n) is 6.24. The van der Waals surface area contributed by atoms with Crippen molar-refractivity contribution in [3.05, 3.63) is 87.9 Å². The Bertz CT molecular complexity index is 1110. The SMILES string of the molecule is COc1ccc(C(=O)N/N=C\c2ccc(OC(=O)c3cccc(Br)c3)cc2)cc1OC. The zero-order valence-electron chi connectivity index (χ0n) is 16.8. The number of hydrazone groups is 1. The molecule has 8 heteroatoms. The van der Waals surface area contributed by atoms with Crippen LogP contribution in [-0.4, -0.2) is 32.3 Å². The average molecular weight is 483 g/mol. The largest absolute Gasteiger partial charge is 0.493 e. The average Bonchev–Trinajstić information content (AvgIpc) is 2.79. The molecule has 0 aromatic heterocycles. The molecule has 3 aromatic rings. The highest BCUT2D eigenvalue weighted by molar-refractivity contribution is 9.10. The summed E-state index contributed by atoms with van der Waals surface area (Å²) in [4.78, 5) is 24.4. The smallest absolute Gasteiger partial charge is 0.343 e. The summed E-state index contributed by atoms with van der Waals surface area (Å²) in [5.41, 5.74) is 3.99. The minimum atomic E-state index is -0.454. The van der Waals surface area contributed by atoms with E-state index in [2.05, 4.69) is 26.5 Å². The predicted octanol–water partition coefficient (Wildman–Crippen LogP) is 4.45. The first-order valence-corrected chi connectivity index (χ1v) is 9.92. The van der Waals surface area contributed by atoms with Crippen LogP contribution >= 0.6 is 15.9 Å². The summed E-state index contributed by atoms with van der Waals surface area (Å²) in [6.07, 6.45) is 1.48. The molecule has 0 bridgehead atoms. The fraction of sp³-hybridized carbons (Fsp3) is 0.0870. The fourth-order valence-corrected chi connectivity index (χ4v) is 3.01. The van der Waals surface area contributed by atoms with E-state index in [9.17, 15) is 9.59 Å². The Morgan fingerprint density at radius 3 is 2.32 bits per heavy atom. The number of carbonyl (C=O) groups excluding carboxylic acids is 2. The van der Waals surface area contributed by atoms with Crippen LogP contribution in [0.2, 0.25) is 0 Å². The summed E-state index contributed by atoms with van der Waals surface area (Å²) in [6, 6.07) is 18.5. The maximum absolute atomic E-state index is 12.3. The number of halogens is 1. The molecule has 0 saturated carbocycles. The molecule has 0 saturated heterocycles. The van der Waals surface area contributed by atoms with Crippen LogP contribution in [0.5, 0.6) is 17.2 Å². The van der Waals surface area contributed by atoms with Crippen LogP contribution in [0.1, 0.15) is 26.3 Å². The third kappa shape index (κ3) is 5.93. The summed E-state index contributed by atoms with van der Waals surface area (Å²) < 4.78 is 16.5. The quantitative estimate of drug-likeness (QED) is 0.232. The predicted molar refractivity (Wildman–Crippen MR) is 120 cm³/mol. The maximum Gasteiger partial charge on any atom is 0.343 e. The molecule has 0 aliphatic heterocycles. The van der Waals surface area contributed by atoms with E-state index in [4.69, 9.17) is 14.2 Å². The van der Waals surface area contributed by atoms with E-state index in [0.29, 0.717) is 28.4 Å². The van der Waals surface area contributed by atoms with Crippen molar-refractivity contribution >= 4 is 34.0 Å². The molecule has 158 valence electrons. The maximum atomic E-state index is 12.3. The first-order valence-electron chi connectivity index (χ1n) is 9.13. The number of nitrogens with zero attached hydrogens (tertiary/aromatic N) is 1. The molecule has 3 aromatic carbocycles. The number of amides is 1. The first-order chi connectivity index (χ1) is 15.0. The van der Waals surface area contributed by atoms with Crippen LogP contribution in [0.15, 0.2) is 76.3 Å². The van der Waals surface area contributed by atoms with Gasteiger partial charge in [0.1, 0.15) is 5.75 Å². The molecule has 0 fully saturated rings. The molecule has 1 N–H and O–H groups in total. The van der Waals surface area contributed by atoms with Gasteiger partial charge in [0, 0.05) is 10.0 Å². The lowest BCUT2D eigenvalue weighted by Crippen LogP contribution is -2.17. The van der Waals surface area contributed by atoms with E-state index < -0.39 is 11.9 Å². The summed E-state index contributed by atoms with van der Waals surface area (Å²) in [6.45, 7) is 0. The van der Waals surface area contributed by atoms with Crippen molar-refractivity contribution in [1.29, 1.82) is 0 Å². The Labute approximate surface area is 187 Å².